The molecule has 1 atom stereocenters. The molecule has 2 N–H and O–H groups in total. The second-order valence-electron chi connectivity index (χ2n) is 10.6. The van der Waals surface area contributed by atoms with Gasteiger partial charge >= 0.3 is 6.03 Å². The zero-order valence-corrected chi connectivity index (χ0v) is 21.4. The van der Waals surface area contributed by atoms with Gasteiger partial charge in [0.2, 0.25) is 0 Å². The molecule has 2 aromatic rings. The smallest absolute Gasteiger partial charge is 0.319 e. The van der Waals surface area contributed by atoms with Crippen molar-refractivity contribution in [3.63, 3.8) is 0 Å². The summed E-state index contributed by atoms with van der Waals surface area (Å²) in [7, 11) is -3.32. The number of nitrogens with one attached hydrogen (secondary N) is 2. The number of hydrogen-bond acceptors (Lipinski definition) is 7. The number of ether oxygens (including phenoxy) is 1. The number of hydrogen-bond donors (Lipinski definition) is 2. The molecule has 10 heteroatoms. The van der Waals surface area contributed by atoms with Gasteiger partial charge in [0.25, 0.3) is 0 Å². The van der Waals surface area contributed by atoms with Gasteiger partial charge in [-0.3, -0.25) is 0 Å². The number of morpholine rings is 1. The quantitative estimate of drug-likeness (QED) is 0.584. The minimum atomic E-state index is -3.32. The fourth-order valence-corrected chi connectivity index (χ4v) is 7.82. The van der Waals surface area contributed by atoms with E-state index in [1.807, 2.05) is 30.3 Å². The van der Waals surface area contributed by atoms with E-state index >= 15 is 0 Å². The first-order valence-corrected chi connectivity index (χ1v) is 14.6. The van der Waals surface area contributed by atoms with E-state index in [9.17, 15) is 13.2 Å². The van der Waals surface area contributed by atoms with Gasteiger partial charge in [0.05, 0.1) is 30.2 Å². The molecule has 4 aliphatic rings. The number of nitrogens with zero attached hydrogens (tertiary/aromatic N) is 3. The molecule has 4 fully saturated rings. The molecule has 0 spiro atoms. The summed E-state index contributed by atoms with van der Waals surface area (Å²) in [6, 6.07) is 9.52. The molecule has 36 heavy (non-hydrogen) atoms. The van der Waals surface area contributed by atoms with Crippen LogP contribution in [0.2, 0.25) is 0 Å². The summed E-state index contributed by atoms with van der Waals surface area (Å²) < 4.78 is 31.9. The van der Waals surface area contributed by atoms with Crippen molar-refractivity contribution in [2.24, 2.45) is 0 Å². The van der Waals surface area contributed by atoms with Gasteiger partial charge in [-0.1, -0.05) is 0 Å². The largest absolute Gasteiger partial charge is 0.377 e. The fraction of sp³-hybridized carbons (Fsp3) is 0.577. The van der Waals surface area contributed by atoms with Crippen molar-refractivity contribution in [1.82, 2.24) is 15.3 Å². The first-order valence-electron chi connectivity index (χ1n) is 13.0. The number of anilines is 2. The van der Waals surface area contributed by atoms with Gasteiger partial charge in [-0.15, -0.1) is 0 Å². The molecule has 1 saturated heterocycles. The van der Waals surface area contributed by atoms with Crippen LogP contribution in [-0.4, -0.2) is 61.5 Å². The maximum absolute atomic E-state index is 13.6. The Bertz CT molecular complexity index is 1250. The van der Waals surface area contributed by atoms with Crippen molar-refractivity contribution >= 4 is 27.4 Å². The van der Waals surface area contributed by atoms with E-state index in [1.54, 1.807) is 0 Å². The third-order valence-corrected chi connectivity index (χ3v) is 10.9. The molecule has 0 bridgehead atoms. The Morgan fingerprint density at radius 3 is 2.47 bits per heavy atom. The van der Waals surface area contributed by atoms with E-state index in [0.717, 1.165) is 43.5 Å². The third kappa shape index (κ3) is 4.34. The highest BCUT2D eigenvalue weighted by Crippen LogP contribution is 2.53. The Morgan fingerprint density at radius 1 is 1.11 bits per heavy atom. The predicted molar refractivity (Wildman–Crippen MR) is 138 cm³/mol. The summed E-state index contributed by atoms with van der Waals surface area (Å²) >= 11 is 0. The number of carbonyl (C=O) groups is 1. The monoisotopic (exact) mass is 511 g/mol. The van der Waals surface area contributed by atoms with Crippen LogP contribution in [0.4, 0.5) is 16.3 Å². The molecule has 6 rings (SSSR count). The molecular weight excluding hydrogens is 478 g/mol. The van der Waals surface area contributed by atoms with Gasteiger partial charge in [0.15, 0.2) is 15.7 Å². The number of amides is 2. The van der Waals surface area contributed by atoms with Crippen LogP contribution in [0.5, 0.6) is 0 Å². The molecule has 1 aliphatic heterocycles. The van der Waals surface area contributed by atoms with E-state index < -0.39 is 14.6 Å². The van der Waals surface area contributed by atoms with Crippen LogP contribution in [0.3, 0.4) is 0 Å². The molecular formula is C26H33N5O4S. The highest BCUT2D eigenvalue weighted by atomic mass is 32.2. The lowest BCUT2D eigenvalue weighted by Gasteiger charge is -2.41. The Hall–Kier alpha value is -2.72. The van der Waals surface area contributed by atoms with E-state index in [1.165, 1.54) is 0 Å². The van der Waals surface area contributed by atoms with Crippen molar-refractivity contribution in [3.8, 4) is 11.4 Å². The van der Waals surface area contributed by atoms with Gasteiger partial charge in [0.1, 0.15) is 10.6 Å². The van der Waals surface area contributed by atoms with Crippen LogP contribution in [-0.2, 0) is 19.3 Å². The van der Waals surface area contributed by atoms with Crippen molar-refractivity contribution < 1.29 is 17.9 Å². The van der Waals surface area contributed by atoms with Gasteiger partial charge in [0, 0.05) is 29.9 Å². The Kier molecular flexibility index (Phi) is 5.91. The lowest BCUT2D eigenvalue weighted by atomic mass is 9.81. The fourth-order valence-electron chi connectivity index (χ4n) is 5.18. The van der Waals surface area contributed by atoms with Crippen LogP contribution < -0.4 is 15.5 Å². The Balaban J connectivity index is 1.36. The minimum Gasteiger partial charge on any atom is -0.377 e. The van der Waals surface area contributed by atoms with Crippen molar-refractivity contribution in [3.05, 3.63) is 36.0 Å². The third-order valence-electron chi connectivity index (χ3n) is 7.82. The van der Waals surface area contributed by atoms with Crippen LogP contribution in [0.15, 0.2) is 30.3 Å². The molecule has 1 aromatic heterocycles. The molecule has 3 aliphatic carbocycles. The number of sulfone groups is 1. The second kappa shape index (κ2) is 8.99. The molecule has 3 saturated carbocycles. The topological polar surface area (TPSA) is 114 Å². The summed E-state index contributed by atoms with van der Waals surface area (Å²) in [6.45, 7) is 3.99. The van der Waals surface area contributed by atoms with E-state index in [-0.39, 0.29) is 23.4 Å². The van der Waals surface area contributed by atoms with Crippen molar-refractivity contribution in [1.29, 1.82) is 0 Å². The summed E-state index contributed by atoms with van der Waals surface area (Å²) in [5, 5.41) is 5.53. The van der Waals surface area contributed by atoms with Crippen LogP contribution in [0.1, 0.15) is 57.6 Å². The Labute approximate surface area is 212 Å². The molecule has 2 heterocycles. The molecule has 0 radical (unpaired) electrons. The van der Waals surface area contributed by atoms with Gasteiger partial charge in [-0.25, -0.2) is 23.2 Å². The molecule has 9 nitrogen and oxygen atoms in total. The minimum absolute atomic E-state index is 0.128. The molecule has 0 unspecified atom stereocenters. The normalized spacial score (nSPS) is 23.6. The predicted octanol–water partition coefficient (Wildman–Crippen LogP) is 3.61. The highest BCUT2D eigenvalue weighted by molar-refractivity contribution is 7.93. The lowest BCUT2D eigenvalue weighted by molar-refractivity contribution is 0.0985. The number of rotatable bonds is 7. The first kappa shape index (κ1) is 23.7. The Morgan fingerprint density at radius 2 is 1.86 bits per heavy atom. The summed E-state index contributed by atoms with van der Waals surface area (Å²) in [5.41, 5.74) is 2.08. The maximum atomic E-state index is 13.6. The van der Waals surface area contributed by atoms with Crippen molar-refractivity contribution in [2.45, 2.75) is 74.0 Å². The van der Waals surface area contributed by atoms with Gasteiger partial charge in [-0.2, -0.15) is 0 Å². The maximum Gasteiger partial charge on any atom is 0.319 e. The van der Waals surface area contributed by atoms with E-state index in [4.69, 9.17) is 14.7 Å². The number of carbonyl (C=O) groups excluding carboxylic acids is 1. The molecule has 192 valence electrons. The zero-order valence-electron chi connectivity index (χ0n) is 20.6. The van der Waals surface area contributed by atoms with Crippen LogP contribution >= 0.6 is 0 Å². The standard InChI is InChI=1S/C26H33N5O4S/c1-17-16-35-14-13-31(17)23-15-22(26(11-2-12-26)36(33,34)21-9-10-21)29-24(30-23)18-3-5-19(6-4-18)27-25(32)28-20-7-8-20/h3-6,15,17,20-21H,2,7-14,16H2,1H3,(H2,27,28,32)/t17-/m0/s1. The summed E-state index contributed by atoms with van der Waals surface area (Å²) in [6.07, 6.45) is 5.66. The van der Waals surface area contributed by atoms with Crippen LogP contribution in [0.25, 0.3) is 11.4 Å². The number of aromatic nitrogens is 2. The highest BCUT2D eigenvalue weighted by Gasteiger charge is 2.57. The van der Waals surface area contributed by atoms with E-state index in [2.05, 4.69) is 22.5 Å². The summed E-state index contributed by atoms with van der Waals surface area (Å²) in [5.74, 6) is 1.25. The average Bonchev–Trinajstić information content (AvgIpc) is 3.73. The van der Waals surface area contributed by atoms with Gasteiger partial charge in [-0.05, 0) is 76.1 Å². The van der Waals surface area contributed by atoms with Gasteiger partial charge < -0.3 is 20.3 Å². The molecule has 2 amide bonds. The lowest BCUT2D eigenvalue weighted by Crippen LogP contribution is -2.46. The first-order chi connectivity index (χ1) is 17.4. The van der Waals surface area contributed by atoms with E-state index in [0.29, 0.717) is 49.8 Å². The average molecular weight is 512 g/mol. The van der Waals surface area contributed by atoms with Crippen molar-refractivity contribution in [2.75, 3.05) is 30.0 Å². The SMILES string of the molecule is C[C@H]1COCCN1c1cc(C2(S(=O)(=O)C3CC3)CCC2)nc(-c2ccc(NC(=O)NC3CC3)cc2)n1. The second-order valence-corrected chi connectivity index (χ2v) is 13.1. The summed E-state index contributed by atoms with van der Waals surface area (Å²) in [4.78, 5) is 24.1. The zero-order chi connectivity index (χ0) is 24.9. The van der Waals surface area contributed by atoms with Crippen LogP contribution in [0, 0.1) is 0 Å². The number of urea groups is 1. The number of benzene rings is 1. The molecule has 1 aromatic carbocycles.